The lowest BCUT2D eigenvalue weighted by Gasteiger charge is -2.27. The molecular formula is C17H22N4O3. The molecule has 2 aromatic rings. The predicted molar refractivity (Wildman–Crippen MR) is 86.7 cm³/mol. The van der Waals surface area contributed by atoms with E-state index in [2.05, 4.69) is 10.1 Å². The minimum absolute atomic E-state index is 0.0501. The van der Waals surface area contributed by atoms with E-state index in [1.165, 1.54) is 6.92 Å². The molecule has 128 valence electrons. The van der Waals surface area contributed by atoms with Crippen LogP contribution < -0.4 is 0 Å². The summed E-state index contributed by atoms with van der Waals surface area (Å²) in [6.45, 7) is 3.90. The maximum absolute atomic E-state index is 13.1. The minimum atomic E-state index is -0.187. The molecule has 1 amide bonds. The first-order valence-electron chi connectivity index (χ1n) is 8.26. The van der Waals surface area contributed by atoms with Crippen molar-refractivity contribution in [1.29, 1.82) is 0 Å². The number of aryl methyl sites for hydroxylation is 2. The van der Waals surface area contributed by atoms with Crippen LogP contribution in [0.4, 0.5) is 0 Å². The fraction of sp³-hybridized carbons (Fsp3) is 0.529. The average Bonchev–Trinajstić information content (AvgIpc) is 3.05. The predicted octanol–water partition coefficient (Wildman–Crippen LogP) is 2.68. The number of carbonyl (C=O) groups excluding carboxylic acids is 2. The van der Waals surface area contributed by atoms with Crippen LogP contribution in [0.1, 0.15) is 71.2 Å². The van der Waals surface area contributed by atoms with Crippen molar-refractivity contribution in [3.05, 3.63) is 35.2 Å². The van der Waals surface area contributed by atoms with Gasteiger partial charge in [-0.15, -0.1) is 0 Å². The second kappa shape index (κ2) is 6.59. The molecule has 0 aromatic carbocycles. The monoisotopic (exact) mass is 330 g/mol. The molecule has 1 aliphatic rings. The molecule has 1 saturated heterocycles. The Morgan fingerprint density at radius 1 is 1.29 bits per heavy atom. The molecule has 1 aliphatic heterocycles. The summed E-state index contributed by atoms with van der Waals surface area (Å²) in [7, 11) is 1.78. The zero-order valence-electron chi connectivity index (χ0n) is 14.3. The van der Waals surface area contributed by atoms with E-state index >= 15 is 0 Å². The van der Waals surface area contributed by atoms with Gasteiger partial charge >= 0.3 is 0 Å². The van der Waals surface area contributed by atoms with E-state index in [0.717, 1.165) is 25.7 Å². The molecule has 0 saturated carbocycles. The van der Waals surface area contributed by atoms with Gasteiger partial charge in [0.2, 0.25) is 5.89 Å². The highest BCUT2D eigenvalue weighted by molar-refractivity contribution is 5.99. The fourth-order valence-electron chi connectivity index (χ4n) is 3.19. The van der Waals surface area contributed by atoms with Crippen LogP contribution >= 0.6 is 0 Å². The first-order valence-corrected chi connectivity index (χ1v) is 8.26. The molecule has 3 heterocycles. The number of hydrogen-bond acceptors (Lipinski definition) is 5. The quantitative estimate of drug-likeness (QED) is 0.808. The molecule has 0 unspecified atom stereocenters. The van der Waals surface area contributed by atoms with Crippen molar-refractivity contribution < 1.29 is 14.1 Å². The number of aromatic nitrogens is 3. The molecule has 0 spiro atoms. The van der Waals surface area contributed by atoms with E-state index in [0.29, 0.717) is 29.5 Å². The van der Waals surface area contributed by atoms with Crippen LogP contribution in [-0.2, 0) is 7.05 Å². The van der Waals surface area contributed by atoms with E-state index in [9.17, 15) is 9.59 Å². The number of likely N-dealkylation sites (tertiary alicyclic amines) is 1. The lowest BCUT2D eigenvalue weighted by atomic mass is 10.1. The normalized spacial score (nSPS) is 18.5. The maximum Gasteiger partial charge on any atom is 0.271 e. The van der Waals surface area contributed by atoms with Crippen LogP contribution in [0.5, 0.6) is 0 Å². The summed E-state index contributed by atoms with van der Waals surface area (Å²) in [4.78, 5) is 30.8. The molecule has 7 heteroatoms. The van der Waals surface area contributed by atoms with Gasteiger partial charge in [-0.1, -0.05) is 18.0 Å². The van der Waals surface area contributed by atoms with Crippen LogP contribution in [-0.4, -0.2) is 37.8 Å². The molecule has 1 fully saturated rings. The summed E-state index contributed by atoms with van der Waals surface area (Å²) in [5, 5.41) is 4.02. The number of amides is 1. The lowest BCUT2D eigenvalue weighted by molar-refractivity contribution is 0.0660. The second-order valence-corrected chi connectivity index (χ2v) is 6.32. The standard InChI is InChI=1S/C17H22N4O3/c1-11(22)13-9-15(20(3)10-13)17(23)21-8-6-4-5-7-14(21)16-18-12(2)24-19-16/h9-10,14H,4-8H2,1-3H3/t14-/m0/s1. The van der Waals surface area contributed by atoms with Crippen molar-refractivity contribution in [2.24, 2.45) is 7.05 Å². The Bertz CT molecular complexity index is 762. The van der Waals surface area contributed by atoms with Gasteiger partial charge in [-0.05, 0) is 25.8 Å². The molecule has 1 atom stereocenters. The van der Waals surface area contributed by atoms with Gasteiger partial charge in [0.25, 0.3) is 5.91 Å². The van der Waals surface area contributed by atoms with Crippen molar-refractivity contribution in [1.82, 2.24) is 19.6 Å². The zero-order valence-corrected chi connectivity index (χ0v) is 14.3. The molecule has 0 N–H and O–H groups in total. The molecule has 0 aliphatic carbocycles. The third-order valence-electron chi connectivity index (χ3n) is 4.49. The Hall–Kier alpha value is -2.44. The second-order valence-electron chi connectivity index (χ2n) is 6.32. The maximum atomic E-state index is 13.1. The van der Waals surface area contributed by atoms with Gasteiger partial charge in [0.1, 0.15) is 5.69 Å². The fourth-order valence-corrected chi connectivity index (χ4v) is 3.19. The van der Waals surface area contributed by atoms with Crippen molar-refractivity contribution in [2.45, 2.75) is 45.6 Å². The van der Waals surface area contributed by atoms with Gasteiger partial charge in [0.15, 0.2) is 11.6 Å². The number of ketones is 1. The van der Waals surface area contributed by atoms with Crippen LogP contribution in [0, 0.1) is 6.92 Å². The molecule has 0 bridgehead atoms. The summed E-state index contributed by atoms with van der Waals surface area (Å²) in [6, 6.07) is 1.47. The molecule has 0 radical (unpaired) electrons. The average molecular weight is 330 g/mol. The Morgan fingerprint density at radius 2 is 2.08 bits per heavy atom. The summed E-state index contributed by atoms with van der Waals surface area (Å²) < 4.78 is 6.81. The number of carbonyl (C=O) groups is 2. The van der Waals surface area contributed by atoms with E-state index in [1.54, 1.807) is 30.8 Å². The highest BCUT2D eigenvalue weighted by atomic mass is 16.5. The Labute approximate surface area is 140 Å². The molecule has 7 nitrogen and oxygen atoms in total. The van der Waals surface area contributed by atoms with Gasteiger partial charge in [-0.3, -0.25) is 9.59 Å². The summed E-state index contributed by atoms with van der Waals surface area (Å²) in [6.07, 6.45) is 5.55. The van der Waals surface area contributed by atoms with Crippen LogP contribution in [0.15, 0.2) is 16.8 Å². The topological polar surface area (TPSA) is 81.2 Å². The number of Topliss-reactive ketones (excluding diaryl/α,β-unsaturated/α-hetero) is 1. The van der Waals surface area contributed by atoms with Crippen molar-refractivity contribution in [3.63, 3.8) is 0 Å². The van der Waals surface area contributed by atoms with E-state index in [1.807, 2.05) is 4.90 Å². The highest BCUT2D eigenvalue weighted by Crippen LogP contribution is 2.30. The largest absolute Gasteiger partial charge is 0.346 e. The van der Waals surface area contributed by atoms with E-state index < -0.39 is 0 Å². The van der Waals surface area contributed by atoms with E-state index in [-0.39, 0.29) is 17.7 Å². The van der Waals surface area contributed by atoms with Gasteiger partial charge in [-0.25, -0.2) is 0 Å². The van der Waals surface area contributed by atoms with E-state index in [4.69, 9.17) is 4.52 Å². The van der Waals surface area contributed by atoms with Crippen molar-refractivity contribution in [3.8, 4) is 0 Å². The summed E-state index contributed by atoms with van der Waals surface area (Å²) in [5.74, 6) is 0.911. The lowest BCUT2D eigenvalue weighted by Crippen LogP contribution is -2.36. The summed E-state index contributed by atoms with van der Waals surface area (Å²) in [5.41, 5.74) is 1.05. The number of nitrogens with zero attached hydrogens (tertiary/aromatic N) is 4. The first kappa shape index (κ1) is 16.4. The Kier molecular flexibility index (Phi) is 4.51. The third kappa shape index (κ3) is 3.11. The van der Waals surface area contributed by atoms with Crippen molar-refractivity contribution >= 4 is 11.7 Å². The van der Waals surface area contributed by atoms with Crippen LogP contribution in [0.3, 0.4) is 0 Å². The SMILES string of the molecule is CC(=O)c1cc(C(=O)N2CCCCC[C@H]2c2noc(C)n2)n(C)c1. The van der Waals surface area contributed by atoms with Crippen LogP contribution in [0.25, 0.3) is 0 Å². The number of rotatable bonds is 3. The molecule has 3 rings (SSSR count). The summed E-state index contributed by atoms with van der Waals surface area (Å²) >= 11 is 0. The molecular weight excluding hydrogens is 308 g/mol. The van der Waals surface area contributed by atoms with Gasteiger partial charge < -0.3 is 14.0 Å². The van der Waals surface area contributed by atoms with Crippen molar-refractivity contribution in [2.75, 3.05) is 6.54 Å². The number of hydrogen-bond donors (Lipinski definition) is 0. The smallest absolute Gasteiger partial charge is 0.271 e. The van der Waals surface area contributed by atoms with Crippen LogP contribution in [0.2, 0.25) is 0 Å². The Balaban J connectivity index is 1.94. The zero-order chi connectivity index (χ0) is 17.3. The molecule has 2 aromatic heterocycles. The molecule has 24 heavy (non-hydrogen) atoms. The van der Waals surface area contributed by atoms with Gasteiger partial charge in [0.05, 0.1) is 6.04 Å². The minimum Gasteiger partial charge on any atom is -0.346 e. The third-order valence-corrected chi connectivity index (χ3v) is 4.49. The first-order chi connectivity index (χ1) is 11.5. The Morgan fingerprint density at radius 3 is 2.71 bits per heavy atom. The van der Waals surface area contributed by atoms with Gasteiger partial charge in [0, 0.05) is 32.3 Å². The van der Waals surface area contributed by atoms with Gasteiger partial charge in [-0.2, -0.15) is 4.98 Å². The highest BCUT2D eigenvalue weighted by Gasteiger charge is 2.32.